The van der Waals surface area contributed by atoms with Crippen molar-refractivity contribution in [1.82, 2.24) is 9.80 Å². The molecule has 0 aromatic carbocycles. The molecule has 0 heterocycles. The Morgan fingerprint density at radius 3 is 1.82 bits per heavy atom. The van der Waals surface area contributed by atoms with Crippen LogP contribution in [0.25, 0.3) is 0 Å². The average Bonchev–Trinajstić information content (AvgIpc) is 2.05. The van der Waals surface area contributed by atoms with E-state index in [-0.39, 0.29) is 0 Å². The Hall–Kier alpha value is -0.730. The second-order valence-corrected chi connectivity index (χ2v) is 2.51. The van der Waals surface area contributed by atoms with Crippen molar-refractivity contribution in [1.29, 1.82) is 5.41 Å². The van der Waals surface area contributed by atoms with Crippen molar-refractivity contribution in [2.75, 3.05) is 26.7 Å². The van der Waals surface area contributed by atoms with Crippen LogP contribution in [0.1, 0.15) is 20.8 Å². The summed E-state index contributed by atoms with van der Waals surface area (Å²) in [6.45, 7) is 8.93. The van der Waals surface area contributed by atoms with Crippen molar-refractivity contribution >= 4 is 5.96 Å². The quantitative estimate of drug-likeness (QED) is 0.493. The van der Waals surface area contributed by atoms with Crippen LogP contribution in [0.2, 0.25) is 0 Å². The lowest BCUT2D eigenvalue weighted by Gasteiger charge is -2.28. The van der Waals surface area contributed by atoms with E-state index >= 15 is 0 Å². The van der Waals surface area contributed by atoms with E-state index < -0.39 is 0 Å². The molecule has 0 aliphatic carbocycles. The first kappa shape index (κ1) is 10.3. The highest BCUT2D eigenvalue weighted by molar-refractivity contribution is 5.76. The van der Waals surface area contributed by atoms with Crippen LogP contribution < -0.4 is 0 Å². The molecule has 0 radical (unpaired) electrons. The Labute approximate surface area is 69.5 Å². The van der Waals surface area contributed by atoms with Gasteiger partial charge in [-0.1, -0.05) is 0 Å². The van der Waals surface area contributed by atoms with Crippen LogP contribution in [0.5, 0.6) is 0 Å². The van der Waals surface area contributed by atoms with Gasteiger partial charge in [0.05, 0.1) is 0 Å². The molecule has 1 N–H and O–H groups in total. The molecule has 0 aliphatic rings. The maximum atomic E-state index is 7.70. The van der Waals surface area contributed by atoms with Crippen molar-refractivity contribution in [2.24, 2.45) is 0 Å². The second kappa shape index (κ2) is 4.99. The fourth-order valence-electron chi connectivity index (χ4n) is 0.914. The van der Waals surface area contributed by atoms with Crippen molar-refractivity contribution in [3.63, 3.8) is 0 Å². The molecule has 0 aliphatic heterocycles. The highest BCUT2D eigenvalue weighted by Gasteiger charge is 2.07. The van der Waals surface area contributed by atoms with Crippen LogP contribution >= 0.6 is 0 Å². The molecule has 0 unspecified atom stereocenters. The molecule has 0 amide bonds. The van der Waals surface area contributed by atoms with Crippen molar-refractivity contribution in [3.8, 4) is 0 Å². The molecular weight excluding hydrogens is 138 g/mol. The molecule has 3 nitrogen and oxygen atoms in total. The van der Waals surface area contributed by atoms with E-state index in [4.69, 9.17) is 5.41 Å². The Morgan fingerprint density at radius 1 is 1.09 bits per heavy atom. The zero-order valence-electron chi connectivity index (χ0n) is 8.02. The number of nitrogens with one attached hydrogen (secondary N) is 1. The summed E-state index contributed by atoms with van der Waals surface area (Å²) < 4.78 is 0. The van der Waals surface area contributed by atoms with Gasteiger partial charge in [0, 0.05) is 26.7 Å². The second-order valence-electron chi connectivity index (χ2n) is 2.51. The van der Waals surface area contributed by atoms with E-state index in [2.05, 4.69) is 20.8 Å². The van der Waals surface area contributed by atoms with Gasteiger partial charge in [0.2, 0.25) is 0 Å². The number of nitrogens with zero attached hydrogens (tertiary/aromatic N) is 2. The minimum absolute atomic E-state index is 0.623. The molecule has 3 heteroatoms. The minimum atomic E-state index is 0.623. The SMILES string of the molecule is CCN(C)C(=N)N(CC)CC. The smallest absolute Gasteiger partial charge is 0.193 e. The predicted molar refractivity (Wildman–Crippen MR) is 49.0 cm³/mol. The van der Waals surface area contributed by atoms with Crippen molar-refractivity contribution in [2.45, 2.75) is 20.8 Å². The fraction of sp³-hybridized carbons (Fsp3) is 0.875. The molecule has 66 valence electrons. The Bertz CT molecular complexity index is 119. The van der Waals surface area contributed by atoms with Gasteiger partial charge in [-0.25, -0.2) is 0 Å². The van der Waals surface area contributed by atoms with Crippen LogP contribution in [0.3, 0.4) is 0 Å². The van der Waals surface area contributed by atoms with E-state index in [0.717, 1.165) is 19.6 Å². The van der Waals surface area contributed by atoms with Crippen LogP contribution in [0.15, 0.2) is 0 Å². The highest BCUT2D eigenvalue weighted by atomic mass is 15.3. The normalized spacial score (nSPS) is 9.45. The van der Waals surface area contributed by atoms with Gasteiger partial charge in [-0.3, -0.25) is 5.41 Å². The summed E-state index contributed by atoms with van der Waals surface area (Å²) in [6.07, 6.45) is 0. The third-order valence-corrected chi connectivity index (χ3v) is 1.90. The van der Waals surface area contributed by atoms with Gasteiger partial charge in [-0.15, -0.1) is 0 Å². The van der Waals surface area contributed by atoms with E-state index in [1.165, 1.54) is 0 Å². The molecular formula is C8H19N3. The lowest BCUT2D eigenvalue weighted by molar-refractivity contribution is 0.372. The number of hydrogen-bond acceptors (Lipinski definition) is 1. The van der Waals surface area contributed by atoms with Gasteiger partial charge in [0.25, 0.3) is 0 Å². The maximum Gasteiger partial charge on any atom is 0.193 e. The highest BCUT2D eigenvalue weighted by Crippen LogP contribution is 1.93. The third-order valence-electron chi connectivity index (χ3n) is 1.90. The summed E-state index contributed by atoms with van der Waals surface area (Å²) in [5.74, 6) is 0.623. The predicted octanol–water partition coefficient (Wildman–Crippen LogP) is 1.21. The van der Waals surface area contributed by atoms with E-state index in [0.29, 0.717) is 5.96 Å². The first-order valence-corrected chi connectivity index (χ1v) is 4.21. The molecule has 0 aromatic heterocycles. The summed E-state index contributed by atoms with van der Waals surface area (Å²) in [5, 5.41) is 7.70. The van der Waals surface area contributed by atoms with Gasteiger partial charge >= 0.3 is 0 Å². The van der Waals surface area contributed by atoms with E-state index in [1.54, 1.807) is 0 Å². The average molecular weight is 157 g/mol. The first-order valence-electron chi connectivity index (χ1n) is 4.21. The largest absolute Gasteiger partial charge is 0.346 e. The lowest BCUT2D eigenvalue weighted by atomic mass is 10.5. The molecule has 0 spiro atoms. The van der Waals surface area contributed by atoms with Gasteiger partial charge in [-0.05, 0) is 20.8 Å². The number of rotatable bonds is 3. The van der Waals surface area contributed by atoms with E-state index in [9.17, 15) is 0 Å². The molecule has 0 rings (SSSR count). The topological polar surface area (TPSA) is 30.3 Å². The number of hydrogen-bond donors (Lipinski definition) is 1. The zero-order chi connectivity index (χ0) is 8.85. The maximum absolute atomic E-state index is 7.70. The van der Waals surface area contributed by atoms with E-state index in [1.807, 2.05) is 16.8 Å². The Kier molecular flexibility index (Phi) is 4.66. The summed E-state index contributed by atoms with van der Waals surface area (Å²) in [6, 6.07) is 0. The summed E-state index contributed by atoms with van der Waals surface area (Å²) in [4.78, 5) is 3.97. The van der Waals surface area contributed by atoms with Gasteiger partial charge in [0.1, 0.15) is 0 Å². The molecule has 0 aromatic rings. The van der Waals surface area contributed by atoms with Crippen LogP contribution in [0, 0.1) is 5.41 Å². The monoisotopic (exact) mass is 157 g/mol. The van der Waals surface area contributed by atoms with Crippen molar-refractivity contribution < 1.29 is 0 Å². The fourth-order valence-corrected chi connectivity index (χ4v) is 0.914. The first-order chi connectivity index (χ1) is 5.17. The Balaban J connectivity index is 3.97. The molecule has 0 saturated carbocycles. The molecule has 0 fully saturated rings. The van der Waals surface area contributed by atoms with Gasteiger partial charge < -0.3 is 9.80 Å². The van der Waals surface area contributed by atoms with Crippen LogP contribution in [0.4, 0.5) is 0 Å². The minimum Gasteiger partial charge on any atom is -0.346 e. The standard InChI is InChI=1S/C8H19N3/c1-5-10(4)8(9)11(6-2)7-3/h9H,5-7H2,1-4H3. The molecule has 0 atom stereocenters. The molecule has 0 bridgehead atoms. The summed E-state index contributed by atoms with van der Waals surface area (Å²) in [7, 11) is 1.95. The summed E-state index contributed by atoms with van der Waals surface area (Å²) >= 11 is 0. The lowest BCUT2D eigenvalue weighted by Crippen LogP contribution is -2.41. The van der Waals surface area contributed by atoms with Crippen LogP contribution in [-0.2, 0) is 0 Å². The molecule has 0 saturated heterocycles. The Morgan fingerprint density at radius 2 is 1.55 bits per heavy atom. The van der Waals surface area contributed by atoms with Crippen molar-refractivity contribution in [3.05, 3.63) is 0 Å². The number of guanidine groups is 1. The third kappa shape index (κ3) is 2.78. The van der Waals surface area contributed by atoms with Gasteiger partial charge in [0.15, 0.2) is 5.96 Å². The molecule has 11 heavy (non-hydrogen) atoms. The zero-order valence-corrected chi connectivity index (χ0v) is 8.02. The van der Waals surface area contributed by atoms with Crippen LogP contribution in [-0.4, -0.2) is 42.4 Å². The summed E-state index contributed by atoms with van der Waals surface area (Å²) in [5.41, 5.74) is 0. The van der Waals surface area contributed by atoms with Gasteiger partial charge in [-0.2, -0.15) is 0 Å².